The molecular formula is C33H40N2O4Si2. The van der Waals surface area contributed by atoms with Crippen molar-refractivity contribution in [1.82, 2.24) is 4.98 Å². The van der Waals surface area contributed by atoms with E-state index >= 15 is 0 Å². The minimum Gasteiger partial charge on any atom is -0.519 e. The molecule has 6 nitrogen and oxygen atoms in total. The summed E-state index contributed by atoms with van der Waals surface area (Å²) >= 11 is 0. The van der Waals surface area contributed by atoms with E-state index in [2.05, 4.69) is 68.2 Å². The Morgan fingerprint density at radius 3 is 1.71 bits per heavy atom. The molecule has 3 aromatic carbocycles. The molecule has 0 radical (unpaired) electrons. The Balaban J connectivity index is 1.62. The van der Waals surface area contributed by atoms with Gasteiger partial charge in [0.15, 0.2) is 0 Å². The highest BCUT2D eigenvalue weighted by Gasteiger charge is 2.22. The highest BCUT2D eigenvalue weighted by molar-refractivity contribution is 6.71. The van der Waals surface area contributed by atoms with Crippen LogP contribution in [0.3, 0.4) is 0 Å². The maximum absolute atomic E-state index is 12.8. The van der Waals surface area contributed by atoms with Crippen LogP contribution >= 0.6 is 0 Å². The molecule has 0 N–H and O–H groups in total. The van der Waals surface area contributed by atoms with Gasteiger partial charge in [0.25, 0.3) is 0 Å². The number of anilines is 1. The van der Waals surface area contributed by atoms with Crippen LogP contribution in [0.4, 0.5) is 5.69 Å². The van der Waals surface area contributed by atoms with Crippen LogP contribution in [-0.4, -0.2) is 47.3 Å². The van der Waals surface area contributed by atoms with Crippen LogP contribution in [0.15, 0.2) is 97.1 Å². The summed E-state index contributed by atoms with van der Waals surface area (Å²) in [5.41, 5.74) is 7.02. The summed E-state index contributed by atoms with van der Waals surface area (Å²) < 4.78 is 11.3. The first-order valence-electron chi connectivity index (χ1n) is 14.0. The Hall–Kier alpha value is -3.57. The lowest BCUT2D eigenvalue weighted by molar-refractivity contribution is -0.214. The van der Waals surface area contributed by atoms with Crippen molar-refractivity contribution in [3.63, 3.8) is 0 Å². The maximum Gasteiger partial charge on any atom is 0.312 e. The lowest BCUT2D eigenvalue weighted by atomic mass is 9.99. The molecule has 0 aliphatic carbocycles. The Kier molecular flexibility index (Phi) is 9.93. The first kappa shape index (κ1) is 30.4. The molecule has 41 heavy (non-hydrogen) atoms. The average molecular weight is 585 g/mol. The van der Waals surface area contributed by atoms with Crippen LogP contribution in [0, 0.1) is 0 Å². The predicted octanol–water partition coefficient (Wildman–Crippen LogP) is 8.05. The molecule has 0 amide bonds. The van der Waals surface area contributed by atoms with Crippen molar-refractivity contribution in [3.05, 3.63) is 97.1 Å². The summed E-state index contributed by atoms with van der Waals surface area (Å²) in [6, 6.07) is 33.0. The molecule has 1 heterocycles. The van der Waals surface area contributed by atoms with E-state index < -0.39 is 16.6 Å². The van der Waals surface area contributed by atoms with Gasteiger partial charge in [-0.15, -0.1) is 0 Å². The molecule has 4 aromatic rings. The molecule has 0 aliphatic rings. The molecule has 0 unspecified atom stereocenters. The molecule has 0 aliphatic heterocycles. The second-order valence-electron chi connectivity index (χ2n) is 11.9. The maximum atomic E-state index is 12.8. The number of nitrogens with zero attached hydrogens (tertiary/aromatic N) is 2. The fourth-order valence-corrected chi connectivity index (χ4v) is 5.45. The number of hydrogen-bond acceptors (Lipinski definition) is 6. The third-order valence-electron chi connectivity index (χ3n) is 6.02. The first-order chi connectivity index (χ1) is 19.5. The van der Waals surface area contributed by atoms with Crippen LogP contribution in [0.2, 0.25) is 39.3 Å². The van der Waals surface area contributed by atoms with E-state index in [9.17, 15) is 4.79 Å². The van der Waals surface area contributed by atoms with Gasteiger partial charge < -0.3 is 9.33 Å². The predicted molar refractivity (Wildman–Crippen MR) is 173 cm³/mol. The SMILES string of the molecule is C[Si](C)(C)OOCCN(CC(=O)O[Si](C)(C)C)c1ccc(-c2cc(-c3ccccc3)nc(-c3ccccc3)c2)cc1. The summed E-state index contributed by atoms with van der Waals surface area (Å²) in [6.07, 6.45) is 0. The van der Waals surface area contributed by atoms with E-state index in [1.807, 2.05) is 73.1 Å². The molecule has 0 atom stereocenters. The number of aromatic nitrogens is 1. The van der Waals surface area contributed by atoms with Crippen LogP contribution < -0.4 is 4.90 Å². The van der Waals surface area contributed by atoms with Gasteiger partial charge in [-0.3, -0.25) is 9.37 Å². The van der Waals surface area contributed by atoms with Crippen molar-refractivity contribution in [2.24, 2.45) is 0 Å². The highest BCUT2D eigenvalue weighted by atomic mass is 28.4. The molecule has 0 bridgehead atoms. The number of rotatable bonds is 12. The minimum atomic E-state index is -2.00. The number of carbonyl (C=O) groups is 1. The van der Waals surface area contributed by atoms with Crippen LogP contribution in [-0.2, 0) is 18.7 Å². The highest BCUT2D eigenvalue weighted by Crippen LogP contribution is 2.31. The smallest absolute Gasteiger partial charge is 0.312 e. The molecule has 0 saturated heterocycles. The standard InChI is InChI=1S/C33H40N2O4Si2/c1-40(2,3)38-33(36)25-35(21-22-37-39-41(4,5)6)30-19-17-26(18-20-30)29-23-31(27-13-9-7-10-14-27)34-32(24-29)28-15-11-8-12-16-28/h7-20,23-24H,21-22,25H2,1-6H3. The molecule has 0 saturated carbocycles. The zero-order valence-corrected chi connectivity index (χ0v) is 26.9. The third-order valence-corrected chi connectivity index (χ3v) is 7.48. The Morgan fingerprint density at radius 2 is 1.22 bits per heavy atom. The van der Waals surface area contributed by atoms with E-state index in [1.165, 1.54) is 0 Å². The monoisotopic (exact) mass is 584 g/mol. The van der Waals surface area contributed by atoms with Gasteiger partial charge in [-0.05, 0) is 74.7 Å². The Bertz CT molecular complexity index is 1360. The summed E-state index contributed by atoms with van der Waals surface area (Å²) in [6.45, 7) is 13.2. The number of hydrogen-bond donors (Lipinski definition) is 0. The van der Waals surface area contributed by atoms with E-state index in [4.69, 9.17) is 18.9 Å². The van der Waals surface area contributed by atoms with Crippen molar-refractivity contribution in [1.29, 1.82) is 0 Å². The average Bonchev–Trinajstić information content (AvgIpc) is 2.94. The molecule has 0 fully saturated rings. The van der Waals surface area contributed by atoms with Crippen molar-refractivity contribution in [2.75, 3.05) is 24.6 Å². The van der Waals surface area contributed by atoms with E-state index in [-0.39, 0.29) is 12.5 Å². The van der Waals surface area contributed by atoms with Gasteiger partial charge in [-0.25, -0.2) is 9.87 Å². The second kappa shape index (κ2) is 13.4. The van der Waals surface area contributed by atoms with Crippen LogP contribution in [0.25, 0.3) is 33.6 Å². The normalized spacial score (nSPS) is 11.8. The quantitative estimate of drug-likeness (QED) is 0.0727. The fourth-order valence-electron chi connectivity index (χ4n) is 4.27. The Morgan fingerprint density at radius 1 is 0.683 bits per heavy atom. The van der Waals surface area contributed by atoms with Gasteiger partial charge >= 0.3 is 5.97 Å². The minimum absolute atomic E-state index is 0.144. The number of pyridine rings is 1. The van der Waals surface area contributed by atoms with Crippen molar-refractivity contribution >= 4 is 28.3 Å². The molecule has 214 valence electrons. The Labute approximate surface area is 246 Å². The van der Waals surface area contributed by atoms with Crippen molar-refractivity contribution in [2.45, 2.75) is 39.3 Å². The van der Waals surface area contributed by atoms with Crippen LogP contribution in [0.1, 0.15) is 0 Å². The summed E-state index contributed by atoms with van der Waals surface area (Å²) in [5.74, 6) is -0.228. The van der Waals surface area contributed by atoms with Gasteiger partial charge in [0.1, 0.15) is 6.54 Å². The van der Waals surface area contributed by atoms with Gasteiger partial charge in [0, 0.05) is 23.4 Å². The van der Waals surface area contributed by atoms with E-state index in [1.54, 1.807) is 0 Å². The summed E-state index contributed by atoms with van der Waals surface area (Å²) in [7, 11) is -3.81. The lowest BCUT2D eigenvalue weighted by Crippen LogP contribution is -2.39. The largest absolute Gasteiger partial charge is 0.519 e. The third kappa shape index (κ3) is 9.50. The van der Waals surface area contributed by atoms with Crippen LogP contribution in [0.5, 0.6) is 0 Å². The second-order valence-corrected chi connectivity index (χ2v) is 20.8. The molecular weight excluding hydrogens is 545 g/mol. The van der Waals surface area contributed by atoms with Gasteiger partial charge in [-0.1, -0.05) is 72.8 Å². The van der Waals surface area contributed by atoms with Gasteiger partial charge in [-0.2, -0.15) is 0 Å². The fraction of sp³-hybridized carbons (Fsp3) is 0.273. The number of benzene rings is 3. The van der Waals surface area contributed by atoms with Gasteiger partial charge in [0.2, 0.25) is 16.6 Å². The van der Waals surface area contributed by atoms with E-state index in [0.29, 0.717) is 13.2 Å². The van der Waals surface area contributed by atoms with E-state index in [0.717, 1.165) is 39.3 Å². The molecule has 1 aromatic heterocycles. The summed E-state index contributed by atoms with van der Waals surface area (Å²) in [4.78, 5) is 25.2. The van der Waals surface area contributed by atoms with Crippen molar-refractivity contribution in [3.8, 4) is 33.6 Å². The zero-order valence-electron chi connectivity index (χ0n) is 24.9. The summed E-state index contributed by atoms with van der Waals surface area (Å²) in [5, 5.41) is 0. The molecule has 8 heteroatoms. The molecule has 0 spiro atoms. The van der Waals surface area contributed by atoms with Gasteiger partial charge in [0.05, 0.1) is 18.0 Å². The zero-order chi connectivity index (χ0) is 29.5. The first-order valence-corrected chi connectivity index (χ1v) is 20.8. The lowest BCUT2D eigenvalue weighted by Gasteiger charge is -2.27. The topological polar surface area (TPSA) is 60.9 Å². The number of carbonyl (C=O) groups excluding carboxylic acids is 1. The molecule has 4 rings (SSSR count). The van der Waals surface area contributed by atoms with Crippen molar-refractivity contribution < 1.29 is 18.7 Å².